The predicted octanol–water partition coefficient (Wildman–Crippen LogP) is 3.20. The Morgan fingerprint density at radius 3 is 2.30 bits per heavy atom. The summed E-state index contributed by atoms with van der Waals surface area (Å²) in [5.74, 6) is -0.230. The lowest BCUT2D eigenvalue weighted by Crippen LogP contribution is -2.41. The lowest BCUT2D eigenvalue weighted by atomic mass is 10.2. The molecular formula is C17H17ClN2O3. The lowest BCUT2D eigenvalue weighted by molar-refractivity contribution is 0.0846. The zero-order chi connectivity index (χ0) is 16.7. The third-order valence-electron chi connectivity index (χ3n) is 2.97. The monoisotopic (exact) mass is 332 g/mol. The standard InChI is InChI=1S/C17H17ClN2O3/c1-2-10-23-15-5-3-4-13(11-15)17(22)20-19-16(21)12-6-8-14(18)9-7-12/h3-9,11H,2,10H2,1H3,(H,19,21)(H,20,22). The smallest absolute Gasteiger partial charge is 0.269 e. The van der Waals surface area contributed by atoms with Gasteiger partial charge in [0.05, 0.1) is 6.61 Å². The Labute approximate surface area is 139 Å². The molecule has 2 N–H and O–H groups in total. The molecule has 0 saturated carbocycles. The van der Waals surface area contributed by atoms with Gasteiger partial charge < -0.3 is 4.74 Å². The number of carbonyl (C=O) groups is 2. The summed E-state index contributed by atoms with van der Waals surface area (Å²) in [6.07, 6.45) is 0.883. The molecule has 0 heterocycles. The van der Waals surface area contributed by atoms with E-state index in [1.54, 1.807) is 48.5 Å². The minimum atomic E-state index is -0.423. The molecular weight excluding hydrogens is 316 g/mol. The molecule has 0 aromatic heterocycles. The Kier molecular flexibility index (Phi) is 6.00. The van der Waals surface area contributed by atoms with E-state index < -0.39 is 11.8 Å². The van der Waals surface area contributed by atoms with Crippen LogP contribution in [-0.2, 0) is 0 Å². The second-order valence-corrected chi connectivity index (χ2v) is 5.23. The molecule has 0 spiro atoms. The van der Waals surface area contributed by atoms with Gasteiger partial charge in [-0.2, -0.15) is 0 Å². The maximum absolute atomic E-state index is 12.1. The molecule has 0 fully saturated rings. The van der Waals surface area contributed by atoms with Crippen molar-refractivity contribution in [2.45, 2.75) is 13.3 Å². The fourth-order valence-corrected chi connectivity index (χ4v) is 1.93. The predicted molar refractivity (Wildman–Crippen MR) is 88.6 cm³/mol. The van der Waals surface area contributed by atoms with Crippen molar-refractivity contribution in [1.29, 1.82) is 0 Å². The second-order valence-electron chi connectivity index (χ2n) is 4.79. The summed E-state index contributed by atoms with van der Waals surface area (Å²) in [5, 5.41) is 0.537. The van der Waals surface area contributed by atoms with Gasteiger partial charge in [-0.25, -0.2) is 0 Å². The van der Waals surface area contributed by atoms with E-state index in [-0.39, 0.29) is 0 Å². The van der Waals surface area contributed by atoms with Crippen molar-refractivity contribution in [3.05, 3.63) is 64.7 Å². The summed E-state index contributed by atoms with van der Waals surface area (Å²) in [6.45, 7) is 2.58. The number of hydrogen-bond donors (Lipinski definition) is 2. The van der Waals surface area contributed by atoms with Crippen molar-refractivity contribution < 1.29 is 14.3 Å². The summed E-state index contributed by atoms with van der Waals surface area (Å²) in [6, 6.07) is 13.1. The van der Waals surface area contributed by atoms with E-state index in [0.29, 0.717) is 28.5 Å². The van der Waals surface area contributed by atoms with E-state index in [0.717, 1.165) is 6.42 Å². The quantitative estimate of drug-likeness (QED) is 0.826. The Bertz CT molecular complexity index is 686. The van der Waals surface area contributed by atoms with Crippen LogP contribution in [0.15, 0.2) is 48.5 Å². The van der Waals surface area contributed by atoms with Crippen LogP contribution in [0.3, 0.4) is 0 Å². The van der Waals surface area contributed by atoms with Crippen molar-refractivity contribution >= 4 is 23.4 Å². The SMILES string of the molecule is CCCOc1cccc(C(=O)NNC(=O)c2ccc(Cl)cc2)c1. The third-order valence-corrected chi connectivity index (χ3v) is 3.22. The minimum absolute atomic E-state index is 0.398. The first-order valence-corrected chi connectivity index (χ1v) is 7.57. The fourth-order valence-electron chi connectivity index (χ4n) is 1.81. The molecule has 120 valence electrons. The van der Waals surface area contributed by atoms with E-state index in [1.165, 1.54) is 0 Å². The van der Waals surface area contributed by atoms with E-state index in [2.05, 4.69) is 10.9 Å². The number of hydrogen-bond acceptors (Lipinski definition) is 3. The average molecular weight is 333 g/mol. The highest BCUT2D eigenvalue weighted by Gasteiger charge is 2.09. The molecule has 2 amide bonds. The summed E-state index contributed by atoms with van der Waals surface area (Å²) in [5.41, 5.74) is 5.52. The molecule has 6 heteroatoms. The van der Waals surface area contributed by atoms with Crippen LogP contribution in [0.5, 0.6) is 5.75 Å². The number of hydrazine groups is 1. The molecule has 0 saturated heterocycles. The van der Waals surface area contributed by atoms with Crippen LogP contribution in [0.4, 0.5) is 0 Å². The Hall–Kier alpha value is -2.53. The van der Waals surface area contributed by atoms with Gasteiger partial charge in [-0.15, -0.1) is 0 Å². The van der Waals surface area contributed by atoms with Crippen LogP contribution in [0.1, 0.15) is 34.1 Å². The number of nitrogens with one attached hydrogen (secondary N) is 2. The summed E-state index contributed by atoms with van der Waals surface area (Å²) in [4.78, 5) is 24.0. The van der Waals surface area contributed by atoms with E-state index >= 15 is 0 Å². The maximum Gasteiger partial charge on any atom is 0.269 e. The number of rotatable bonds is 5. The van der Waals surface area contributed by atoms with E-state index in [9.17, 15) is 9.59 Å². The largest absolute Gasteiger partial charge is 0.494 e. The van der Waals surface area contributed by atoms with Crippen molar-refractivity contribution in [2.75, 3.05) is 6.61 Å². The van der Waals surface area contributed by atoms with Crippen LogP contribution in [0, 0.1) is 0 Å². The maximum atomic E-state index is 12.1. The molecule has 0 aliphatic rings. The van der Waals surface area contributed by atoms with Gasteiger partial charge in [0.2, 0.25) is 0 Å². The molecule has 0 unspecified atom stereocenters. The molecule has 0 aliphatic heterocycles. The average Bonchev–Trinajstić information content (AvgIpc) is 2.58. The lowest BCUT2D eigenvalue weighted by Gasteiger charge is -2.09. The highest BCUT2D eigenvalue weighted by atomic mass is 35.5. The summed E-state index contributed by atoms with van der Waals surface area (Å²) in [7, 11) is 0. The molecule has 0 aliphatic carbocycles. The Balaban J connectivity index is 1.94. The molecule has 0 atom stereocenters. The highest BCUT2D eigenvalue weighted by Crippen LogP contribution is 2.13. The van der Waals surface area contributed by atoms with Gasteiger partial charge in [0.1, 0.15) is 5.75 Å². The van der Waals surface area contributed by atoms with Gasteiger partial charge in [-0.05, 0) is 48.9 Å². The third kappa shape index (κ3) is 5.00. The van der Waals surface area contributed by atoms with Crippen LogP contribution >= 0.6 is 11.6 Å². The van der Waals surface area contributed by atoms with E-state index in [4.69, 9.17) is 16.3 Å². The second kappa shape index (κ2) is 8.19. The Morgan fingerprint density at radius 1 is 1.00 bits per heavy atom. The van der Waals surface area contributed by atoms with Crippen LogP contribution in [-0.4, -0.2) is 18.4 Å². The molecule has 0 radical (unpaired) electrons. The molecule has 5 nitrogen and oxygen atoms in total. The number of halogens is 1. The molecule has 2 rings (SSSR count). The van der Waals surface area contributed by atoms with Crippen molar-refractivity contribution in [3.8, 4) is 5.75 Å². The number of ether oxygens (including phenoxy) is 1. The van der Waals surface area contributed by atoms with Crippen molar-refractivity contribution in [2.24, 2.45) is 0 Å². The van der Waals surface area contributed by atoms with Crippen molar-refractivity contribution in [1.82, 2.24) is 10.9 Å². The molecule has 2 aromatic carbocycles. The first kappa shape index (κ1) is 16.8. The summed E-state index contributed by atoms with van der Waals surface area (Å²) < 4.78 is 5.47. The molecule has 0 bridgehead atoms. The van der Waals surface area contributed by atoms with Crippen molar-refractivity contribution in [3.63, 3.8) is 0 Å². The van der Waals surface area contributed by atoms with Gasteiger partial charge in [-0.3, -0.25) is 20.4 Å². The normalized spacial score (nSPS) is 10.0. The number of benzene rings is 2. The highest BCUT2D eigenvalue weighted by molar-refractivity contribution is 6.30. The van der Waals surface area contributed by atoms with Gasteiger partial charge in [-0.1, -0.05) is 24.6 Å². The zero-order valence-corrected chi connectivity index (χ0v) is 13.4. The van der Waals surface area contributed by atoms with Crippen LogP contribution < -0.4 is 15.6 Å². The van der Waals surface area contributed by atoms with Gasteiger partial charge in [0, 0.05) is 16.1 Å². The number of amides is 2. The zero-order valence-electron chi connectivity index (χ0n) is 12.6. The molecule has 2 aromatic rings. The van der Waals surface area contributed by atoms with Gasteiger partial charge in [0.15, 0.2) is 0 Å². The van der Waals surface area contributed by atoms with Crippen LogP contribution in [0.2, 0.25) is 5.02 Å². The minimum Gasteiger partial charge on any atom is -0.494 e. The molecule has 23 heavy (non-hydrogen) atoms. The Morgan fingerprint density at radius 2 is 1.65 bits per heavy atom. The van der Waals surface area contributed by atoms with Gasteiger partial charge >= 0.3 is 0 Å². The number of carbonyl (C=O) groups excluding carboxylic acids is 2. The van der Waals surface area contributed by atoms with E-state index in [1.807, 2.05) is 6.92 Å². The summed E-state index contributed by atoms with van der Waals surface area (Å²) >= 11 is 5.76. The fraction of sp³-hybridized carbons (Fsp3) is 0.176. The first-order valence-electron chi connectivity index (χ1n) is 7.19. The van der Waals surface area contributed by atoms with Gasteiger partial charge in [0.25, 0.3) is 11.8 Å². The topological polar surface area (TPSA) is 67.4 Å². The first-order chi connectivity index (χ1) is 11.1. The van der Waals surface area contributed by atoms with Crippen LogP contribution in [0.25, 0.3) is 0 Å².